The Labute approximate surface area is 56.8 Å². The highest BCUT2D eigenvalue weighted by molar-refractivity contribution is 4.73. The van der Waals surface area contributed by atoms with Crippen LogP contribution in [-0.2, 0) is 0 Å². The first-order valence-corrected chi connectivity index (χ1v) is 3.81. The standard InChI is InChI=1S/C7H15N2/c8-5-1-3-7-4-2-6-9-7/h7-9H,1-6H2. The van der Waals surface area contributed by atoms with E-state index >= 15 is 0 Å². The molecule has 0 saturated carbocycles. The van der Waals surface area contributed by atoms with Gasteiger partial charge in [0.05, 0.1) is 0 Å². The summed E-state index contributed by atoms with van der Waals surface area (Å²) >= 11 is 0. The molecule has 1 heterocycles. The Hall–Kier alpha value is -0.0800. The number of rotatable bonds is 3. The van der Waals surface area contributed by atoms with E-state index in [0.717, 1.165) is 12.5 Å². The van der Waals surface area contributed by atoms with Crippen molar-refractivity contribution in [3.05, 3.63) is 0 Å². The van der Waals surface area contributed by atoms with E-state index in [-0.39, 0.29) is 0 Å². The van der Waals surface area contributed by atoms with E-state index in [1.54, 1.807) is 0 Å². The van der Waals surface area contributed by atoms with Gasteiger partial charge < -0.3 is 5.32 Å². The van der Waals surface area contributed by atoms with Crippen LogP contribution >= 0.6 is 0 Å². The largest absolute Gasteiger partial charge is 0.314 e. The summed E-state index contributed by atoms with van der Waals surface area (Å²) in [4.78, 5) is 0. The van der Waals surface area contributed by atoms with Crippen LogP contribution in [0.5, 0.6) is 0 Å². The van der Waals surface area contributed by atoms with Gasteiger partial charge in [-0.1, -0.05) is 0 Å². The Morgan fingerprint density at radius 2 is 2.44 bits per heavy atom. The molecule has 1 atom stereocenters. The molecule has 0 amide bonds. The van der Waals surface area contributed by atoms with E-state index in [9.17, 15) is 0 Å². The number of nitrogens with one attached hydrogen (secondary N) is 2. The van der Waals surface area contributed by atoms with Gasteiger partial charge in [0.2, 0.25) is 0 Å². The van der Waals surface area contributed by atoms with Gasteiger partial charge in [0, 0.05) is 12.6 Å². The molecule has 2 N–H and O–H groups in total. The molecule has 1 aliphatic heterocycles. The minimum absolute atomic E-state index is 0.595. The Morgan fingerprint density at radius 1 is 1.56 bits per heavy atom. The van der Waals surface area contributed by atoms with Gasteiger partial charge >= 0.3 is 0 Å². The van der Waals surface area contributed by atoms with Crippen molar-refractivity contribution >= 4 is 0 Å². The second-order valence-electron chi connectivity index (χ2n) is 2.69. The molecule has 0 bridgehead atoms. The molecular weight excluding hydrogens is 112 g/mol. The van der Waals surface area contributed by atoms with Gasteiger partial charge in [-0.05, 0) is 32.2 Å². The van der Waals surface area contributed by atoms with Crippen molar-refractivity contribution in [1.82, 2.24) is 11.1 Å². The Morgan fingerprint density at radius 3 is 3.00 bits per heavy atom. The van der Waals surface area contributed by atoms with Crippen molar-refractivity contribution in [2.45, 2.75) is 31.7 Å². The van der Waals surface area contributed by atoms with Crippen LogP contribution in [0.25, 0.3) is 0 Å². The summed E-state index contributed by atoms with van der Waals surface area (Å²) in [5.41, 5.74) is 6.94. The molecule has 2 heteroatoms. The second-order valence-corrected chi connectivity index (χ2v) is 2.69. The van der Waals surface area contributed by atoms with Crippen molar-refractivity contribution in [3.63, 3.8) is 0 Å². The van der Waals surface area contributed by atoms with Gasteiger partial charge in [0.25, 0.3) is 0 Å². The predicted molar refractivity (Wildman–Crippen MR) is 38.2 cm³/mol. The summed E-state index contributed by atoms with van der Waals surface area (Å²) in [6.07, 6.45) is 4.95. The van der Waals surface area contributed by atoms with Gasteiger partial charge in [-0.25, -0.2) is 0 Å². The maximum atomic E-state index is 6.94. The number of hydrogen-bond donors (Lipinski definition) is 1. The zero-order valence-corrected chi connectivity index (χ0v) is 5.82. The average molecular weight is 127 g/mol. The third-order valence-corrected chi connectivity index (χ3v) is 1.89. The fourth-order valence-corrected chi connectivity index (χ4v) is 1.35. The molecular formula is C7H15N2. The molecule has 1 unspecified atom stereocenters. The Balaban J connectivity index is 1.98. The van der Waals surface area contributed by atoms with Crippen LogP contribution in [0, 0.1) is 0 Å². The van der Waals surface area contributed by atoms with Crippen LogP contribution in [0.1, 0.15) is 25.7 Å². The minimum atomic E-state index is 0.595. The van der Waals surface area contributed by atoms with Crippen LogP contribution in [0.3, 0.4) is 0 Å². The fourth-order valence-electron chi connectivity index (χ4n) is 1.35. The van der Waals surface area contributed by atoms with E-state index < -0.39 is 0 Å². The summed E-state index contributed by atoms with van der Waals surface area (Å²) in [6, 6.07) is 0.746. The SMILES string of the molecule is [NH]CCCC1CCCN1. The zero-order valence-electron chi connectivity index (χ0n) is 5.82. The first-order valence-electron chi connectivity index (χ1n) is 3.81. The summed E-state index contributed by atoms with van der Waals surface area (Å²) in [6.45, 7) is 1.79. The molecule has 0 aromatic heterocycles. The highest BCUT2D eigenvalue weighted by Gasteiger charge is 2.11. The molecule has 0 aromatic carbocycles. The maximum Gasteiger partial charge on any atom is 0.0100 e. The van der Waals surface area contributed by atoms with Crippen molar-refractivity contribution in [2.24, 2.45) is 0 Å². The Kier molecular flexibility index (Phi) is 3.01. The lowest BCUT2D eigenvalue weighted by Gasteiger charge is -2.06. The van der Waals surface area contributed by atoms with Crippen LogP contribution in [0.2, 0.25) is 0 Å². The van der Waals surface area contributed by atoms with Gasteiger partial charge in [-0.15, -0.1) is 0 Å². The third kappa shape index (κ3) is 2.33. The highest BCUT2D eigenvalue weighted by atomic mass is 14.9. The molecule has 1 radical (unpaired) electrons. The molecule has 1 aliphatic rings. The Bertz CT molecular complexity index is 67.3. The second kappa shape index (κ2) is 3.85. The summed E-state index contributed by atoms with van der Waals surface area (Å²) in [7, 11) is 0. The van der Waals surface area contributed by atoms with Crippen LogP contribution in [0.15, 0.2) is 0 Å². The molecule has 9 heavy (non-hydrogen) atoms. The van der Waals surface area contributed by atoms with E-state index in [2.05, 4.69) is 5.32 Å². The third-order valence-electron chi connectivity index (χ3n) is 1.89. The smallest absolute Gasteiger partial charge is 0.0100 e. The lowest BCUT2D eigenvalue weighted by molar-refractivity contribution is 0.538. The minimum Gasteiger partial charge on any atom is -0.314 e. The summed E-state index contributed by atoms with van der Waals surface area (Å²) in [5, 5.41) is 3.41. The lowest BCUT2D eigenvalue weighted by Crippen LogP contribution is -2.21. The molecule has 53 valence electrons. The van der Waals surface area contributed by atoms with Gasteiger partial charge in [0.15, 0.2) is 0 Å². The van der Waals surface area contributed by atoms with Crippen molar-refractivity contribution in [3.8, 4) is 0 Å². The lowest BCUT2D eigenvalue weighted by atomic mass is 10.1. The summed E-state index contributed by atoms with van der Waals surface area (Å²) in [5.74, 6) is 0. The molecule has 1 fully saturated rings. The topological polar surface area (TPSA) is 35.8 Å². The predicted octanol–water partition coefficient (Wildman–Crippen LogP) is 0.801. The van der Waals surface area contributed by atoms with E-state index in [0.29, 0.717) is 6.54 Å². The van der Waals surface area contributed by atoms with Gasteiger partial charge in [0.1, 0.15) is 0 Å². The van der Waals surface area contributed by atoms with Crippen LogP contribution < -0.4 is 11.1 Å². The van der Waals surface area contributed by atoms with Gasteiger partial charge in [-0.3, -0.25) is 5.73 Å². The van der Waals surface area contributed by atoms with E-state index in [1.807, 2.05) is 0 Å². The van der Waals surface area contributed by atoms with Crippen molar-refractivity contribution in [1.29, 1.82) is 0 Å². The molecule has 2 nitrogen and oxygen atoms in total. The maximum absolute atomic E-state index is 6.94. The average Bonchev–Trinajstić information content (AvgIpc) is 2.34. The van der Waals surface area contributed by atoms with E-state index in [1.165, 1.54) is 25.8 Å². The van der Waals surface area contributed by atoms with Crippen LogP contribution in [0.4, 0.5) is 0 Å². The molecule has 0 aliphatic carbocycles. The first-order chi connectivity index (χ1) is 4.43. The van der Waals surface area contributed by atoms with Gasteiger partial charge in [-0.2, -0.15) is 0 Å². The zero-order chi connectivity index (χ0) is 6.53. The normalized spacial score (nSPS) is 27.0. The molecule has 1 rings (SSSR count). The molecule has 0 spiro atoms. The summed E-state index contributed by atoms with van der Waals surface area (Å²) < 4.78 is 0. The first kappa shape index (κ1) is 7.03. The van der Waals surface area contributed by atoms with E-state index in [4.69, 9.17) is 5.73 Å². The van der Waals surface area contributed by atoms with Crippen molar-refractivity contribution in [2.75, 3.05) is 13.1 Å². The molecule has 1 saturated heterocycles. The van der Waals surface area contributed by atoms with Crippen molar-refractivity contribution < 1.29 is 0 Å². The fraction of sp³-hybridized carbons (Fsp3) is 1.00. The quantitative estimate of drug-likeness (QED) is 0.598. The number of hydrogen-bond acceptors (Lipinski definition) is 1. The van der Waals surface area contributed by atoms with Crippen LogP contribution in [-0.4, -0.2) is 19.1 Å². The highest BCUT2D eigenvalue weighted by Crippen LogP contribution is 2.09. The molecule has 0 aromatic rings. The monoisotopic (exact) mass is 127 g/mol.